The Morgan fingerprint density at radius 3 is 2.68 bits per heavy atom. The fourth-order valence-electron chi connectivity index (χ4n) is 3.16. The van der Waals surface area contributed by atoms with Gasteiger partial charge in [-0.2, -0.15) is 13.2 Å². The fraction of sp³-hybridized carbons (Fsp3) is 0.136. The number of rotatable bonds is 5. The Morgan fingerprint density at radius 1 is 1.24 bits per heavy atom. The Kier molecular flexibility index (Phi) is 7.31. The van der Waals surface area contributed by atoms with Crippen molar-refractivity contribution in [3.05, 3.63) is 59.1 Å². The average molecular weight is 552 g/mol. The number of aliphatic carboxylic acids is 1. The highest BCUT2D eigenvalue weighted by Crippen LogP contribution is 2.32. The minimum atomic E-state index is -5.08. The van der Waals surface area contributed by atoms with Gasteiger partial charge >= 0.3 is 12.1 Å². The first kappa shape index (κ1) is 25.9. The molecule has 4 aromatic heterocycles. The predicted molar refractivity (Wildman–Crippen MR) is 133 cm³/mol. The maximum atomic E-state index is 10.6. The number of carboxylic acid groups (broad SMARTS) is 1. The van der Waals surface area contributed by atoms with E-state index in [0.29, 0.717) is 28.5 Å². The van der Waals surface area contributed by atoms with E-state index in [0.717, 1.165) is 32.5 Å². The van der Waals surface area contributed by atoms with Crippen LogP contribution in [0.2, 0.25) is 5.02 Å². The van der Waals surface area contributed by atoms with Crippen molar-refractivity contribution in [3.8, 4) is 10.8 Å². The van der Waals surface area contributed by atoms with Crippen molar-refractivity contribution < 1.29 is 27.8 Å². The number of hydrogen-bond acceptors (Lipinski definition) is 9. The van der Waals surface area contributed by atoms with Crippen LogP contribution in [0.5, 0.6) is 5.75 Å². The van der Waals surface area contributed by atoms with Crippen LogP contribution >= 0.6 is 22.9 Å². The summed E-state index contributed by atoms with van der Waals surface area (Å²) < 4.78 is 39.5. The number of nitrogen functional groups attached to an aromatic ring is 1. The molecule has 15 heteroatoms. The lowest BCUT2D eigenvalue weighted by molar-refractivity contribution is -0.192. The smallest absolute Gasteiger partial charge is 0.486 e. The highest BCUT2D eigenvalue weighted by Gasteiger charge is 2.38. The molecule has 37 heavy (non-hydrogen) atoms. The number of nitrogens with one attached hydrogen (secondary N) is 1. The molecule has 0 saturated heterocycles. The second-order valence-electron chi connectivity index (χ2n) is 7.29. The van der Waals surface area contributed by atoms with Crippen LogP contribution in [-0.4, -0.2) is 48.8 Å². The van der Waals surface area contributed by atoms with E-state index in [2.05, 4.69) is 25.3 Å². The topological polar surface area (TPSA) is 141 Å². The molecule has 4 heterocycles. The second kappa shape index (κ2) is 10.4. The minimum absolute atomic E-state index is 0.339. The molecule has 10 nitrogen and oxygen atoms in total. The Hall–Kier alpha value is -4.17. The largest absolute Gasteiger partial charge is 0.490 e. The van der Waals surface area contributed by atoms with E-state index in [1.165, 1.54) is 17.7 Å². The Balaban J connectivity index is 0.000000405. The zero-order valence-corrected chi connectivity index (χ0v) is 20.4. The number of carbonyl (C=O) groups is 1. The molecule has 0 bridgehead atoms. The summed E-state index contributed by atoms with van der Waals surface area (Å²) in [5.74, 6) is -0.864. The van der Waals surface area contributed by atoms with Gasteiger partial charge in [0, 0.05) is 24.7 Å². The highest BCUT2D eigenvalue weighted by atomic mass is 35.5. The molecular formula is C22H17ClF3N7O3S. The Labute approximate surface area is 215 Å². The standard InChI is InChI=1S/C20H16ClN7OS.C2HF3O2/c1-23-15-5-3-11-2-4-12(6-14(11)27-15)29-9-16-24-7-17(30-16)28-8-13(21)18-19(22)25-10-26-20(18)28;3-2(4,5)1(6)7/h2-8,10H,9H2,1H3,(H,23,27)(H2,22,25,26);(H,6,7). The van der Waals surface area contributed by atoms with Crippen LogP contribution in [0.15, 0.2) is 49.1 Å². The minimum Gasteiger partial charge on any atom is -0.486 e. The lowest BCUT2D eigenvalue weighted by Crippen LogP contribution is -2.21. The monoisotopic (exact) mass is 551 g/mol. The van der Waals surface area contributed by atoms with Crippen molar-refractivity contribution in [2.45, 2.75) is 12.8 Å². The predicted octanol–water partition coefficient (Wildman–Crippen LogP) is 4.91. The summed E-state index contributed by atoms with van der Waals surface area (Å²) in [5, 5.41) is 14.0. The van der Waals surface area contributed by atoms with Gasteiger partial charge in [0.2, 0.25) is 0 Å². The van der Waals surface area contributed by atoms with Gasteiger partial charge in [0.05, 0.1) is 22.1 Å². The number of aromatic nitrogens is 5. The zero-order chi connectivity index (χ0) is 26.7. The molecule has 0 aliphatic carbocycles. The van der Waals surface area contributed by atoms with Crippen LogP contribution in [0.25, 0.3) is 26.9 Å². The number of carboxylic acids is 1. The second-order valence-corrected chi connectivity index (χ2v) is 8.79. The van der Waals surface area contributed by atoms with Gasteiger partial charge in [0.25, 0.3) is 0 Å². The van der Waals surface area contributed by atoms with Crippen LogP contribution < -0.4 is 15.8 Å². The number of nitrogens with zero attached hydrogens (tertiary/aromatic N) is 5. The van der Waals surface area contributed by atoms with Gasteiger partial charge in [0.1, 0.15) is 40.3 Å². The maximum Gasteiger partial charge on any atom is 0.490 e. The maximum absolute atomic E-state index is 10.6. The lowest BCUT2D eigenvalue weighted by Gasteiger charge is -2.06. The molecule has 4 N–H and O–H groups in total. The number of nitrogens with two attached hydrogens (primary N) is 1. The quantitative estimate of drug-likeness (QED) is 0.277. The van der Waals surface area contributed by atoms with Crippen molar-refractivity contribution in [2.24, 2.45) is 0 Å². The number of thiazole rings is 1. The lowest BCUT2D eigenvalue weighted by atomic mass is 10.2. The van der Waals surface area contributed by atoms with E-state index in [4.69, 9.17) is 32.0 Å². The molecule has 192 valence electrons. The highest BCUT2D eigenvalue weighted by molar-refractivity contribution is 7.14. The molecule has 0 unspecified atom stereocenters. The molecule has 0 spiro atoms. The first-order valence-electron chi connectivity index (χ1n) is 10.3. The van der Waals surface area contributed by atoms with Crippen molar-refractivity contribution >= 4 is 62.5 Å². The molecule has 0 atom stereocenters. The van der Waals surface area contributed by atoms with E-state index in [1.54, 1.807) is 12.4 Å². The summed E-state index contributed by atoms with van der Waals surface area (Å²) >= 11 is 7.81. The third-order valence-corrected chi connectivity index (χ3v) is 6.13. The van der Waals surface area contributed by atoms with E-state index in [1.807, 2.05) is 41.9 Å². The Morgan fingerprint density at radius 2 is 1.97 bits per heavy atom. The van der Waals surface area contributed by atoms with Gasteiger partial charge in [-0.1, -0.05) is 22.9 Å². The number of benzene rings is 1. The van der Waals surface area contributed by atoms with E-state index in [-0.39, 0.29) is 0 Å². The van der Waals surface area contributed by atoms with Crippen molar-refractivity contribution in [1.82, 2.24) is 24.5 Å². The number of ether oxygens (including phenoxy) is 1. The van der Waals surface area contributed by atoms with Gasteiger partial charge in [-0.3, -0.25) is 4.57 Å². The molecule has 5 rings (SSSR count). The van der Waals surface area contributed by atoms with Gasteiger partial charge < -0.3 is 20.9 Å². The molecule has 0 aliphatic heterocycles. The zero-order valence-electron chi connectivity index (χ0n) is 18.8. The van der Waals surface area contributed by atoms with Crippen molar-refractivity contribution in [3.63, 3.8) is 0 Å². The normalized spacial score (nSPS) is 11.3. The summed E-state index contributed by atoms with van der Waals surface area (Å²) in [6.45, 7) is 0.339. The third-order valence-electron chi connectivity index (χ3n) is 4.87. The van der Waals surface area contributed by atoms with Gasteiger partial charge in [-0.05, 0) is 24.3 Å². The Bertz CT molecular complexity index is 1590. The molecule has 0 amide bonds. The molecule has 0 saturated carbocycles. The molecular weight excluding hydrogens is 535 g/mol. The van der Waals surface area contributed by atoms with Gasteiger partial charge in [0.15, 0.2) is 5.65 Å². The number of fused-ring (bicyclic) bond motifs is 2. The fourth-order valence-corrected chi connectivity index (χ4v) is 4.24. The summed E-state index contributed by atoms with van der Waals surface area (Å²) in [5.41, 5.74) is 7.44. The van der Waals surface area contributed by atoms with Crippen LogP contribution in [-0.2, 0) is 11.4 Å². The first-order valence-corrected chi connectivity index (χ1v) is 11.5. The average Bonchev–Trinajstić information content (AvgIpc) is 3.47. The molecule has 0 fully saturated rings. The summed E-state index contributed by atoms with van der Waals surface area (Å²) in [7, 11) is 1.84. The third kappa shape index (κ3) is 5.81. The molecule has 0 radical (unpaired) electrons. The molecule has 5 aromatic rings. The van der Waals surface area contributed by atoms with Crippen molar-refractivity contribution in [2.75, 3.05) is 18.1 Å². The van der Waals surface area contributed by atoms with Gasteiger partial charge in [-0.15, -0.1) is 0 Å². The SMILES string of the molecule is CNc1ccc2ccc(OCc3ncc(-n4cc(Cl)c5c(N)ncnc54)s3)cc2n1.O=C(O)C(F)(F)F. The number of alkyl halides is 3. The van der Waals surface area contributed by atoms with Crippen LogP contribution in [0.1, 0.15) is 5.01 Å². The van der Waals surface area contributed by atoms with Crippen LogP contribution in [0, 0.1) is 0 Å². The van der Waals surface area contributed by atoms with E-state index >= 15 is 0 Å². The summed E-state index contributed by atoms with van der Waals surface area (Å²) in [4.78, 5) is 26.2. The van der Waals surface area contributed by atoms with Crippen molar-refractivity contribution in [1.29, 1.82) is 0 Å². The summed E-state index contributed by atoms with van der Waals surface area (Å²) in [6, 6.07) is 9.80. The number of hydrogen-bond donors (Lipinski definition) is 3. The number of pyridine rings is 1. The first-order chi connectivity index (χ1) is 17.6. The van der Waals surface area contributed by atoms with E-state index < -0.39 is 12.1 Å². The molecule has 0 aliphatic rings. The van der Waals surface area contributed by atoms with E-state index in [9.17, 15) is 13.2 Å². The molecule has 1 aromatic carbocycles. The van der Waals surface area contributed by atoms with Crippen LogP contribution in [0.4, 0.5) is 24.8 Å². The number of anilines is 2. The summed E-state index contributed by atoms with van der Waals surface area (Å²) in [6.07, 6.45) is -0.134. The van der Waals surface area contributed by atoms with Gasteiger partial charge in [-0.25, -0.2) is 24.7 Å². The van der Waals surface area contributed by atoms with Crippen LogP contribution in [0.3, 0.4) is 0 Å². The number of halogens is 4.